The van der Waals surface area contributed by atoms with E-state index in [1.54, 1.807) is 4.90 Å². The van der Waals surface area contributed by atoms with Crippen LogP contribution in [-0.2, 0) is 0 Å². The van der Waals surface area contributed by atoms with Gasteiger partial charge in [0.25, 0.3) is 0 Å². The van der Waals surface area contributed by atoms with E-state index in [0.29, 0.717) is 6.04 Å². The number of halogens is 1. The van der Waals surface area contributed by atoms with Gasteiger partial charge in [-0.25, -0.2) is 4.68 Å². The normalized spacial score (nSPS) is 24.8. The van der Waals surface area contributed by atoms with Crippen LogP contribution in [0.2, 0.25) is 5.02 Å². The third-order valence-electron chi connectivity index (χ3n) is 6.35. The van der Waals surface area contributed by atoms with Crippen molar-refractivity contribution in [3.05, 3.63) is 53.3 Å². The third kappa shape index (κ3) is 4.14. The molecule has 4 rings (SSSR count). The Kier molecular flexibility index (Phi) is 6.40. The maximum atomic E-state index is 6.66. The van der Waals surface area contributed by atoms with Crippen molar-refractivity contribution in [1.29, 1.82) is 0 Å². The van der Waals surface area contributed by atoms with Gasteiger partial charge in [0.1, 0.15) is 26.2 Å². The van der Waals surface area contributed by atoms with Crippen LogP contribution in [-0.4, -0.2) is 52.9 Å². The molecule has 1 aliphatic carbocycles. The molecule has 2 fully saturated rings. The number of aromatic nitrogens is 4. The molecule has 7 heteroatoms. The lowest BCUT2D eigenvalue weighted by Crippen LogP contribution is -3.28. The van der Waals surface area contributed by atoms with Gasteiger partial charge < -0.3 is 9.80 Å². The highest BCUT2D eigenvalue weighted by Gasteiger charge is 2.37. The van der Waals surface area contributed by atoms with Crippen LogP contribution >= 0.6 is 11.6 Å². The van der Waals surface area contributed by atoms with E-state index < -0.39 is 0 Å². The maximum absolute atomic E-state index is 6.66. The molecule has 0 amide bonds. The number of hydrogen-bond acceptors (Lipinski definition) is 3. The van der Waals surface area contributed by atoms with E-state index in [1.807, 2.05) is 18.2 Å². The topological polar surface area (TPSA) is 52.5 Å². The molecule has 0 bridgehead atoms. The van der Waals surface area contributed by atoms with Gasteiger partial charge in [-0.3, -0.25) is 0 Å². The Labute approximate surface area is 172 Å². The minimum absolute atomic E-state index is 0.0795. The molecule has 1 saturated heterocycles. The molecule has 0 unspecified atom stereocenters. The zero-order valence-electron chi connectivity index (χ0n) is 16.5. The predicted molar refractivity (Wildman–Crippen MR) is 110 cm³/mol. The molecule has 1 saturated carbocycles. The van der Waals surface area contributed by atoms with E-state index in [-0.39, 0.29) is 6.04 Å². The van der Waals surface area contributed by atoms with Gasteiger partial charge in [-0.1, -0.05) is 55.6 Å². The van der Waals surface area contributed by atoms with E-state index in [4.69, 9.17) is 11.6 Å². The summed E-state index contributed by atoms with van der Waals surface area (Å²) in [5.74, 6) is 0.974. The molecule has 28 heavy (non-hydrogen) atoms. The lowest BCUT2D eigenvalue weighted by molar-refractivity contribution is -1.02. The summed E-state index contributed by atoms with van der Waals surface area (Å²) >= 11 is 6.66. The Morgan fingerprint density at radius 2 is 1.89 bits per heavy atom. The SMILES string of the molecule is C=CC[NH+]1CC[NH+]([C@@H](c2ccccc2Cl)c2nnnn2C2CCCCC2)CC1. The monoisotopic (exact) mass is 402 g/mol. The van der Waals surface area contributed by atoms with Crippen molar-refractivity contribution < 1.29 is 9.80 Å². The quantitative estimate of drug-likeness (QED) is 0.705. The highest BCUT2D eigenvalue weighted by molar-refractivity contribution is 6.31. The zero-order chi connectivity index (χ0) is 19.3. The first-order valence-electron chi connectivity index (χ1n) is 10.6. The van der Waals surface area contributed by atoms with Gasteiger partial charge in [0.15, 0.2) is 6.04 Å². The summed E-state index contributed by atoms with van der Waals surface area (Å²) < 4.78 is 2.11. The van der Waals surface area contributed by atoms with Crippen molar-refractivity contribution in [3.63, 3.8) is 0 Å². The fourth-order valence-electron chi connectivity index (χ4n) is 4.85. The minimum Gasteiger partial charge on any atom is -0.322 e. The Morgan fingerprint density at radius 3 is 2.61 bits per heavy atom. The second-order valence-corrected chi connectivity index (χ2v) is 8.54. The summed E-state index contributed by atoms with van der Waals surface area (Å²) in [6.07, 6.45) is 8.20. The summed E-state index contributed by atoms with van der Waals surface area (Å²) in [5, 5.41) is 13.9. The van der Waals surface area contributed by atoms with Crippen LogP contribution in [0, 0.1) is 0 Å². The lowest BCUT2D eigenvalue weighted by Gasteiger charge is -2.35. The first-order valence-corrected chi connectivity index (χ1v) is 11.0. The molecule has 1 aromatic heterocycles. The highest BCUT2D eigenvalue weighted by atomic mass is 35.5. The van der Waals surface area contributed by atoms with Crippen LogP contribution in [0.25, 0.3) is 0 Å². The molecular formula is C21H31ClN6+2. The molecule has 2 aliphatic rings. The predicted octanol–water partition coefficient (Wildman–Crippen LogP) is 0.891. The van der Waals surface area contributed by atoms with Gasteiger partial charge in [0, 0.05) is 5.56 Å². The number of quaternary nitrogens is 2. The Bertz CT molecular complexity index is 777. The van der Waals surface area contributed by atoms with Crippen molar-refractivity contribution in [2.75, 3.05) is 32.7 Å². The first kappa shape index (κ1) is 19.6. The van der Waals surface area contributed by atoms with Crippen LogP contribution in [0.15, 0.2) is 36.9 Å². The largest absolute Gasteiger partial charge is 0.322 e. The smallest absolute Gasteiger partial charge is 0.214 e. The molecule has 0 spiro atoms. The van der Waals surface area contributed by atoms with E-state index >= 15 is 0 Å². The molecule has 1 aromatic carbocycles. The number of benzene rings is 1. The van der Waals surface area contributed by atoms with Crippen molar-refractivity contribution in [3.8, 4) is 0 Å². The fraction of sp³-hybridized carbons (Fsp3) is 0.571. The number of nitrogens with one attached hydrogen (secondary N) is 2. The molecule has 1 atom stereocenters. The maximum Gasteiger partial charge on any atom is 0.214 e. The van der Waals surface area contributed by atoms with Gasteiger partial charge in [-0.15, -0.1) is 5.10 Å². The summed E-state index contributed by atoms with van der Waals surface area (Å²) in [6, 6.07) is 8.68. The van der Waals surface area contributed by atoms with E-state index in [1.165, 1.54) is 37.0 Å². The van der Waals surface area contributed by atoms with Gasteiger partial charge in [-0.05, 0) is 35.4 Å². The fourth-order valence-corrected chi connectivity index (χ4v) is 5.09. The average Bonchev–Trinajstić information content (AvgIpc) is 3.21. The summed E-state index contributed by atoms with van der Waals surface area (Å²) in [5.41, 5.74) is 1.14. The lowest BCUT2D eigenvalue weighted by atomic mass is 9.95. The zero-order valence-corrected chi connectivity index (χ0v) is 17.2. The summed E-state index contributed by atoms with van der Waals surface area (Å²) in [4.78, 5) is 3.11. The standard InChI is InChI=1S/C21H29ClN6/c1-2-12-26-13-15-27(16-14-26)20(18-10-6-7-11-19(18)22)21-23-24-25-28(21)17-8-4-3-5-9-17/h2,6-7,10-11,17,20H,1,3-5,8-9,12-16H2/p+2/t20-/m0/s1. The Balaban J connectivity index is 1.66. The van der Waals surface area contributed by atoms with Crippen LogP contribution in [0.5, 0.6) is 0 Å². The van der Waals surface area contributed by atoms with Gasteiger partial charge in [0.2, 0.25) is 5.82 Å². The van der Waals surface area contributed by atoms with Gasteiger partial charge in [0.05, 0.1) is 17.6 Å². The van der Waals surface area contributed by atoms with Gasteiger partial charge >= 0.3 is 0 Å². The van der Waals surface area contributed by atoms with E-state index in [0.717, 1.165) is 49.1 Å². The summed E-state index contributed by atoms with van der Waals surface area (Å²) in [6.45, 7) is 9.35. The molecule has 150 valence electrons. The molecule has 1 aliphatic heterocycles. The molecule has 6 nitrogen and oxygen atoms in total. The summed E-state index contributed by atoms with van der Waals surface area (Å²) in [7, 11) is 0. The van der Waals surface area contributed by atoms with Crippen molar-refractivity contribution in [1.82, 2.24) is 20.2 Å². The van der Waals surface area contributed by atoms with Crippen LogP contribution in [0.3, 0.4) is 0 Å². The molecule has 2 heterocycles. The third-order valence-corrected chi connectivity index (χ3v) is 6.70. The van der Waals surface area contributed by atoms with Crippen LogP contribution in [0.4, 0.5) is 0 Å². The van der Waals surface area contributed by atoms with E-state index in [2.05, 4.69) is 38.9 Å². The van der Waals surface area contributed by atoms with Crippen LogP contribution < -0.4 is 9.80 Å². The minimum atomic E-state index is 0.0795. The molecule has 2 aromatic rings. The van der Waals surface area contributed by atoms with Gasteiger partial charge in [-0.2, -0.15) is 0 Å². The Morgan fingerprint density at radius 1 is 1.14 bits per heavy atom. The molecular weight excluding hydrogens is 372 g/mol. The number of nitrogens with zero attached hydrogens (tertiary/aromatic N) is 4. The Hall–Kier alpha value is -1.76. The second-order valence-electron chi connectivity index (χ2n) is 8.13. The number of piperazine rings is 1. The van der Waals surface area contributed by atoms with Crippen molar-refractivity contribution >= 4 is 11.6 Å². The number of hydrogen-bond donors (Lipinski definition) is 2. The molecule has 0 radical (unpaired) electrons. The average molecular weight is 403 g/mol. The second kappa shape index (κ2) is 9.16. The van der Waals surface area contributed by atoms with Crippen molar-refractivity contribution in [2.45, 2.75) is 44.2 Å². The highest BCUT2D eigenvalue weighted by Crippen LogP contribution is 2.31. The van der Waals surface area contributed by atoms with E-state index in [9.17, 15) is 0 Å². The van der Waals surface area contributed by atoms with Crippen molar-refractivity contribution in [2.24, 2.45) is 0 Å². The number of rotatable bonds is 6. The molecule has 2 N–H and O–H groups in total. The van der Waals surface area contributed by atoms with Crippen LogP contribution in [0.1, 0.15) is 55.6 Å². The first-order chi connectivity index (χ1) is 13.8. The number of tetrazole rings is 1.